The van der Waals surface area contributed by atoms with Gasteiger partial charge in [-0.25, -0.2) is 4.79 Å². The van der Waals surface area contributed by atoms with E-state index >= 15 is 0 Å². The van der Waals surface area contributed by atoms with Crippen molar-refractivity contribution in [2.45, 2.75) is 20.3 Å². The van der Waals surface area contributed by atoms with Crippen molar-refractivity contribution >= 4 is 17.4 Å². The van der Waals surface area contributed by atoms with Crippen molar-refractivity contribution in [1.82, 2.24) is 9.96 Å². The van der Waals surface area contributed by atoms with E-state index in [1.165, 1.54) is 0 Å². The van der Waals surface area contributed by atoms with Gasteiger partial charge in [-0.3, -0.25) is 4.79 Å². The summed E-state index contributed by atoms with van der Waals surface area (Å²) in [6.07, 6.45) is 1.86. The van der Waals surface area contributed by atoms with Crippen LogP contribution in [0.1, 0.15) is 29.8 Å². The summed E-state index contributed by atoms with van der Waals surface area (Å²) in [5.74, 6) is -1.21. The van der Waals surface area contributed by atoms with Gasteiger partial charge in [-0.15, -0.1) is 0 Å². The SMILES string of the molecule is CCOC(=O)C1=C[N+]([O-])(CC)c2ccc(CCNCCN)cc2C1=O. The Morgan fingerprint density at radius 3 is 2.72 bits per heavy atom. The molecular weight excluding hydrogens is 322 g/mol. The number of rotatable bonds is 8. The third-order valence-electron chi connectivity index (χ3n) is 4.17. The van der Waals surface area contributed by atoms with Crippen LogP contribution in [0.25, 0.3) is 0 Å². The standard InChI is InChI=1S/C18H25N3O4/c1-3-21(24)12-15(18(23)25-4-2)17(22)14-11-13(5-6-16(14)21)7-9-20-10-8-19/h5-6,11-12,20H,3-4,7-10,19H2,1-2H3. The van der Waals surface area contributed by atoms with E-state index in [1.54, 1.807) is 26.0 Å². The van der Waals surface area contributed by atoms with Crippen LogP contribution in [0.4, 0.5) is 5.69 Å². The fraction of sp³-hybridized carbons (Fsp3) is 0.444. The Morgan fingerprint density at radius 2 is 2.08 bits per heavy atom. The van der Waals surface area contributed by atoms with Gasteiger partial charge >= 0.3 is 5.97 Å². The highest BCUT2D eigenvalue weighted by atomic mass is 16.5. The molecule has 0 aromatic heterocycles. The van der Waals surface area contributed by atoms with Crippen molar-refractivity contribution < 1.29 is 14.3 Å². The first-order valence-electron chi connectivity index (χ1n) is 8.54. The summed E-state index contributed by atoms with van der Waals surface area (Å²) >= 11 is 0. The van der Waals surface area contributed by atoms with Gasteiger partial charge in [0.25, 0.3) is 0 Å². The monoisotopic (exact) mass is 347 g/mol. The van der Waals surface area contributed by atoms with E-state index in [2.05, 4.69) is 5.32 Å². The number of carbonyl (C=O) groups excluding carboxylic acids is 2. The number of nitrogens with two attached hydrogens (primary N) is 1. The van der Waals surface area contributed by atoms with Gasteiger partial charge in [0, 0.05) is 19.2 Å². The van der Waals surface area contributed by atoms with Crippen molar-refractivity contribution in [1.29, 1.82) is 0 Å². The topological polar surface area (TPSA) is 104 Å². The number of hydrogen-bond acceptors (Lipinski definition) is 6. The maximum Gasteiger partial charge on any atom is 0.347 e. The molecule has 1 aliphatic heterocycles. The maximum atomic E-state index is 13.1. The van der Waals surface area contributed by atoms with Crippen LogP contribution >= 0.6 is 0 Å². The van der Waals surface area contributed by atoms with Gasteiger partial charge in [0.1, 0.15) is 11.9 Å². The molecule has 1 aliphatic rings. The zero-order valence-electron chi connectivity index (χ0n) is 14.7. The molecule has 2 rings (SSSR count). The van der Waals surface area contributed by atoms with E-state index in [-0.39, 0.29) is 24.3 Å². The van der Waals surface area contributed by atoms with Crippen LogP contribution in [0.3, 0.4) is 0 Å². The molecule has 0 fully saturated rings. The molecule has 1 aromatic rings. The highest BCUT2D eigenvalue weighted by molar-refractivity contribution is 6.27. The van der Waals surface area contributed by atoms with Gasteiger partial charge < -0.3 is 25.6 Å². The number of carbonyl (C=O) groups is 2. The van der Waals surface area contributed by atoms with E-state index in [0.717, 1.165) is 24.9 Å². The molecule has 0 bridgehead atoms. The minimum Gasteiger partial charge on any atom is -0.622 e. The highest BCUT2D eigenvalue weighted by Crippen LogP contribution is 2.35. The van der Waals surface area contributed by atoms with E-state index in [9.17, 15) is 14.8 Å². The first-order valence-corrected chi connectivity index (χ1v) is 8.54. The minimum atomic E-state index is -0.846. The summed E-state index contributed by atoms with van der Waals surface area (Å²) in [4.78, 5) is 24.8. The second-order valence-corrected chi connectivity index (χ2v) is 5.84. The molecule has 0 saturated carbocycles. The highest BCUT2D eigenvalue weighted by Gasteiger charge is 2.37. The van der Waals surface area contributed by atoms with Crippen LogP contribution in [0.2, 0.25) is 0 Å². The molecule has 0 amide bonds. The molecule has 7 heteroatoms. The molecule has 25 heavy (non-hydrogen) atoms. The molecule has 136 valence electrons. The summed E-state index contributed by atoms with van der Waals surface area (Å²) in [7, 11) is 0. The van der Waals surface area contributed by atoms with E-state index in [4.69, 9.17) is 10.5 Å². The van der Waals surface area contributed by atoms with Gasteiger partial charge in [-0.2, -0.15) is 0 Å². The third-order valence-corrected chi connectivity index (χ3v) is 4.17. The van der Waals surface area contributed by atoms with Crippen molar-refractivity contribution in [2.24, 2.45) is 5.73 Å². The zero-order chi connectivity index (χ0) is 18.4. The Hall–Kier alpha value is -2.06. The Morgan fingerprint density at radius 1 is 1.32 bits per heavy atom. The summed E-state index contributed by atoms with van der Waals surface area (Å²) in [6.45, 7) is 5.70. The summed E-state index contributed by atoms with van der Waals surface area (Å²) in [5, 5.41) is 16.2. The van der Waals surface area contributed by atoms with Crippen molar-refractivity contribution in [3.63, 3.8) is 0 Å². The fourth-order valence-electron chi connectivity index (χ4n) is 2.81. The lowest BCUT2D eigenvalue weighted by molar-refractivity contribution is -0.138. The first-order chi connectivity index (χ1) is 12.0. The predicted octanol–water partition coefficient (Wildman–Crippen LogP) is 1.25. The Bertz CT molecular complexity index is 687. The number of hydroxylamine groups is 2. The largest absolute Gasteiger partial charge is 0.622 e. The number of ketones is 1. The van der Waals surface area contributed by atoms with Gasteiger partial charge in [-0.1, -0.05) is 6.07 Å². The van der Waals surface area contributed by atoms with Gasteiger partial charge in [0.15, 0.2) is 5.57 Å². The second-order valence-electron chi connectivity index (χ2n) is 5.84. The van der Waals surface area contributed by atoms with Gasteiger partial charge in [-0.05, 0) is 38.4 Å². The first kappa shape index (κ1) is 19.3. The molecule has 7 nitrogen and oxygen atoms in total. The normalized spacial score (nSPS) is 19.4. The second kappa shape index (κ2) is 8.35. The number of nitrogens with one attached hydrogen (secondary N) is 1. The average Bonchev–Trinajstić information content (AvgIpc) is 2.62. The number of Topliss-reactive ketones (excluding diaryl/α,β-unsaturated/α-hetero) is 1. The molecule has 0 aliphatic carbocycles. The lowest BCUT2D eigenvalue weighted by atomic mass is 9.94. The number of ether oxygens (including phenoxy) is 1. The fourth-order valence-corrected chi connectivity index (χ4v) is 2.81. The number of nitrogens with zero attached hydrogens (tertiary/aromatic N) is 1. The zero-order valence-corrected chi connectivity index (χ0v) is 14.7. The molecule has 1 aromatic carbocycles. The average molecular weight is 347 g/mol. The maximum absolute atomic E-state index is 13.1. The van der Waals surface area contributed by atoms with Crippen LogP contribution in [0.5, 0.6) is 0 Å². The quantitative estimate of drug-likeness (QED) is 0.241. The molecule has 1 unspecified atom stereocenters. The van der Waals surface area contributed by atoms with Crippen LogP contribution in [0, 0.1) is 5.21 Å². The van der Waals surface area contributed by atoms with Crippen LogP contribution in [0.15, 0.2) is 30.0 Å². The number of benzene rings is 1. The Balaban J connectivity index is 2.34. The van der Waals surface area contributed by atoms with E-state index < -0.39 is 16.4 Å². The number of hydrogen-bond donors (Lipinski definition) is 2. The molecule has 0 spiro atoms. The van der Waals surface area contributed by atoms with Crippen LogP contribution in [-0.4, -0.2) is 44.5 Å². The molecule has 3 N–H and O–H groups in total. The third kappa shape index (κ3) is 4.13. The van der Waals surface area contributed by atoms with Crippen molar-refractivity contribution in [2.75, 3.05) is 32.8 Å². The summed E-state index contributed by atoms with van der Waals surface area (Å²) in [6, 6.07) is 5.23. The molecule has 0 saturated heterocycles. The number of fused-ring (bicyclic) bond motifs is 1. The van der Waals surface area contributed by atoms with Gasteiger partial charge in [0.05, 0.1) is 18.7 Å². The lowest BCUT2D eigenvalue weighted by Crippen LogP contribution is -2.43. The smallest absolute Gasteiger partial charge is 0.347 e. The number of esters is 1. The van der Waals surface area contributed by atoms with Crippen molar-refractivity contribution in [3.8, 4) is 0 Å². The predicted molar refractivity (Wildman–Crippen MR) is 96.8 cm³/mol. The van der Waals surface area contributed by atoms with Crippen LogP contribution < -0.4 is 15.7 Å². The van der Waals surface area contributed by atoms with Crippen molar-refractivity contribution in [3.05, 3.63) is 46.3 Å². The molecule has 0 radical (unpaired) electrons. The molecular formula is C18H25N3O4. The van der Waals surface area contributed by atoms with E-state index in [0.29, 0.717) is 18.7 Å². The summed E-state index contributed by atoms with van der Waals surface area (Å²) in [5.41, 5.74) is 6.80. The number of quaternary nitrogens is 1. The Labute approximate surface area is 147 Å². The van der Waals surface area contributed by atoms with Crippen LogP contribution in [-0.2, 0) is 16.0 Å². The van der Waals surface area contributed by atoms with Gasteiger partial charge in [0.2, 0.25) is 5.78 Å². The lowest BCUT2D eigenvalue weighted by Gasteiger charge is -2.41. The van der Waals surface area contributed by atoms with E-state index in [1.807, 2.05) is 6.07 Å². The molecule has 1 atom stereocenters. The Kier molecular flexibility index (Phi) is 6.44. The minimum absolute atomic E-state index is 0.147. The summed E-state index contributed by atoms with van der Waals surface area (Å²) < 4.78 is 4.08. The molecule has 1 heterocycles.